The van der Waals surface area contributed by atoms with E-state index >= 15 is 0 Å². The number of amides is 1. The molecule has 1 aliphatic rings. The second-order valence-corrected chi connectivity index (χ2v) is 4.71. The summed E-state index contributed by atoms with van der Waals surface area (Å²) in [6.07, 6.45) is 6.43. The highest BCUT2D eigenvalue weighted by Gasteiger charge is 2.36. The summed E-state index contributed by atoms with van der Waals surface area (Å²) in [4.78, 5) is 11.1. The van der Waals surface area contributed by atoms with Crippen LogP contribution in [0.25, 0.3) is 0 Å². The Kier molecular flexibility index (Phi) is 3.93. The van der Waals surface area contributed by atoms with Crippen molar-refractivity contribution in [2.24, 2.45) is 22.8 Å². The molecule has 0 bridgehead atoms. The molecule has 3 heteroatoms. The fourth-order valence-electron chi connectivity index (χ4n) is 2.64. The predicted molar refractivity (Wildman–Crippen MR) is 57.5 cm³/mol. The minimum absolute atomic E-state index is 0.0116. The molecule has 2 unspecified atom stereocenters. The number of primary amides is 1. The molecule has 0 aliphatic heterocycles. The Balaban J connectivity index is 2.75. The third-order valence-electron chi connectivity index (χ3n) is 3.79. The molecule has 4 N–H and O–H groups in total. The highest BCUT2D eigenvalue weighted by molar-refractivity contribution is 5.74. The Morgan fingerprint density at radius 2 is 2.14 bits per heavy atom. The lowest BCUT2D eigenvalue weighted by molar-refractivity contribution is -0.121. The summed E-state index contributed by atoms with van der Waals surface area (Å²) in [5.41, 5.74) is 11.1. The number of carbonyl (C=O) groups is 1. The Hall–Kier alpha value is -0.570. The van der Waals surface area contributed by atoms with Crippen molar-refractivity contribution >= 4 is 5.91 Å². The van der Waals surface area contributed by atoms with E-state index in [1.807, 2.05) is 0 Å². The molecule has 82 valence electrons. The maximum absolute atomic E-state index is 11.1. The van der Waals surface area contributed by atoms with Crippen LogP contribution >= 0.6 is 0 Å². The average Bonchev–Trinajstić information content (AvgIpc) is 2.29. The highest BCUT2D eigenvalue weighted by Crippen LogP contribution is 2.41. The van der Waals surface area contributed by atoms with Crippen molar-refractivity contribution in [1.29, 1.82) is 0 Å². The summed E-state index contributed by atoms with van der Waals surface area (Å²) in [7, 11) is 0. The molecule has 2 atom stereocenters. The number of hydrogen-bond acceptors (Lipinski definition) is 2. The second-order valence-electron chi connectivity index (χ2n) is 4.71. The molecule has 1 rings (SSSR count). The molecule has 1 fully saturated rings. The summed E-state index contributed by atoms with van der Waals surface area (Å²) in [5.74, 6) is 0.326. The van der Waals surface area contributed by atoms with Gasteiger partial charge in [0.2, 0.25) is 5.91 Å². The molecule has 0 heterocycles. The van der Waals surface area contributed by atoms with E-state index in [0.717, 1.165) is 6.42 Å². The quantitative estimate of drug-likeness (QED) is 0.673. The third-order valence-corrected chi connectivity index (χ3v) is 3.79. The summed E-state index contributed by atoms with van der Waals surface area (Å²) in [5, 5.41) is 0. The summed E-state index contributed by atoms with van der Waals surface area (Å²) in [6.45, 7) is 2.80. The van der Waals surface area contributed by atoms with Gasteiger partial charge in [0.05, 0.1) is 0 Å². The average molecular weight is 198 g/mol. The first-order valence-electron chi connectivity index (χ1n) is 5.59. The molecule has 0 saturated heterocycles. The normalized spacial score (nSPS) is 33.7. The zero-order chi connectivity index (χ0) is 10.6. The predicted octanol–water partition coefficient (Wildman–Crippen LogP) is 1.41. The zero-order valence-electron chi connectivity index (χ0n) is 9.09. The second kappa shape index (κ2) is 4.78. The lowest BCUT2D eigenvalue weighted by Gasteiger charge is -2.36. The molecule has 0 radical (unpaired) electrons. The number of hydrogen-bond donors (Lipinski definition) is 2. The van der Waals surface area contributed by atoms with Gasteiger partial charge in [0.25, 0.3) is 0 Å². The van der Waals surface area contributed by atoms with Crippen LogP contribution in [0.2, 0.25) is 0 Å². The largest absolute Gasteiger partial charge is 0.370 e. The molecule has 0 aromatic carbocycles. The summed E-state index contributed by atoms with van der Waals surface area (Å²) >= 11 is 0. The summed E-state index contributed by atoms with van der Waals surface area (Å²) < 4.78 is 0. The minimum atomic E-state index is -0.204. The molecular weight excluding hydrogens is 176 g/mol. The monoisotopic (exact) mass is 198 g/mol. The van der Waals surface area contributed by atoms with Crippen LogP contribution in [0.15, 0.2) is 0 Å². The molecule has 0 aromatic rings. The molecule has 1 saturated carbocycles. The van der Waals surface area contributed by atoms with Gasteiger partial charge in [0.1, 0.15) is 0 Å². The molecule has 1 amide bonds. The van der Waals surface area contributed by atoms with Gasteiger partial charge in [-0.2, -0.15) is 0 Å². The van der Waals surface area contributed by atoms with E-state index < -0.39 is 0 Å². The van der Waals surface area contributed by atoms with Crippen molar-refractivity contribution < 1.29 is 4.79 Å². The van der Waals surface area contributed by atoms with Crippen LogP contribution in [-0.4, -0.2) is 12.5 Å². The smallest absolute Gasteiger partial charge is 0.218 e. The van der Waals surface area contributed by atoms with Crippen LogP contribution in [0, 0.1) is 11.3 Å². The molecule has 14 heavy (non-hydrogen) atoms. The number of nitrogens with two attached hydrogens (primary N) is 2. The Morgan fingerprint density at radius 1 is 1.43 bits per heavy atom. The Morgan fingerprint density at radius 3 is 2.71 bits per heavy atom. The minimum Gasteiger partial charge on any atom is -0.370 e. The van der Waals surface area contributed by atoms with Crippen LogP contribution in [0.1, 0.15) is 45.4 Å². The zero-order valence-corrected chi connectivity index (χ0v) is 9.09. The molecule has 0 aromatic heterocycles. The van der Waals surface area contributed by atoms with Crippen LogP contribution in [0.4, 0.5) is 0 Å². The Labute approximate surface area is 86.2 Å². The molecular formula is C11H22N2O. The lowest BCUT2D eigenvalue weighted by Crippen LogP contribution is -2.39. The van der Waals surface area contributed by atoms with E-state index in [1.54, 1.807) is 0 Å². The van der Waals surface area contributed by atoms with E-state index in [0.29, 0.717) is 18.9 Å². The van der Waals surface area contributed by atoms with Crippen molar-refractivity contribution in [1.82, 2.24) is 0 Å². The standard InChI is InChI=1S/C11H22N2O/c1-9-5-3-2-4-6-11(9,8-12)7-10(13)14/h9H,2-8,12H2,1H3,(H2,13,14). The van der Waals surface area contributed by atoms with Crippen LogP contribution in [0.3, 0.4) is 0 Å². The van der Waals surface area contributed by atoms with Gasteiger partial charge in [0, 0.05) is 6.42 Å². The van der Waals surface area contributed by atoms with E-state index in [9.17, 15) is 4.79 Å². The van der Waals surface area contributed by atoms with Gasteiger partial charge < -0.3 is 11.5 Å². The van der Waals surface area contributed by atoms with Crippen molar-refractivity contribution in [2.75, 3.05) is 6.54 Å². The van der Waals surface area contributed by atoms with Gasteiger partial charge in [-0.3, -0.25) is 4.79 Å². The maximum atomic E-state index is 11.1. The van der Waals surface area contributed by atoms with Crippen LogP contribution in [0.5, 0.6) is 0 Å². The fourth-order valence-corrected chi connectivity index (χ4v) is 2.64. The first kappa shape index (κ1) is 11.5. The van der Waals surface area contributed by atoms with Crippen molar-refractivity contribution in [2.45, 2.75) is 45.4 Å². The highest BCUT2D eigenvalue weighted by atomic mass is 16.1. The first-order valence-corrected chi connectivity index (χ1v) is 5.59. The van der Waals surface area contributed by atoms with E-state index in [4.69, 9.17) is 11.5 Å². The van der Waals surface area contributed by atoms with Crippen molar-refractivity contribution in [3.8, 4) is 0 Å². The van der Waals surface area contributed by atoms with Gasteiger partial charge >= 0.3 is 0 Å². The number of carbonyl (C=O) groups excluding carboxylic acids is 1. The Bertz CT molecular complexity index is 205. The SMILES string of the molecule is CC1CCCCCC1(CN)CC(N)=O. The molecule has 0 spiro atoms. The topological polar surface area (TPSA) is 69.1 Å². The third kappa shape index (κ3) is 2.47. The first-order chi connectivity index (χ1) is 6.60. The maximum Gasteiger partial charge on any atom is 0.218 e. The van der Waals surface area contributed by atoms with Gasteiger partial charge in [-0.1, -0.05) is 32.6 Å². The molecule has 3 nitrogen and oxygen atoms in total. The van der Waals surface area contributed by atoms with E-state index in [2.05, 4.69) is 6.92 Å². The van der Waals surface area contributed by atoms with Gasteiger partial charge in [-0.05, 0) is 24.3 Å². The van der Waals surface area contributed by atoms with Gasteiger partial charge in [-0.15, -0.1) is 0 Å². The fraction of sp³-hybridized carbons (Fsp3) is 0.909. The lowest BCUT2D eigenvalue weighted by atomic mass is 9.70. The van der Waals surface area contributed by atoms with Crippen LogP contribution < -0.4 is 11.5 Å². The van der Waals surface area contributed by atoms with Gasteiger partial charge in [-0.25, -0.2) is 0 Å². The van der Waals surface area contributed by atoms with Crippen molar-refractivity contribution in [3.05, 3.63) is 0 Å². The summed E-state index contributed by atoms with van der Waals surface area (Å²) in [6, 6.07) is 0. The molecule has 1 aliphatic carbocycles. The van der Waals surface area contributed by atoms with E-state index in [1.165, 1.54) is 25.7 Å². The van der Waals surface area contributed by atoms with E-state index in [-0.39, 0.29) is 11.3 Å². The number of rotatable bonds is 3. The van der Waals surface area contributed by atoms with Crippen molar-refractivity contribution in [3.63, 3.8) is 0 Å². The van der Waals surface area contributed by atoms with Gasteiger partial charge in [0.15, 0.2) is 0 Å². The van der Waals surface area contributed by atoms with Crippen LogP contribution in [-0.2, 0) is 4.79 Å².